The standard InChI is InChI=1S/C23H24ClN3O/c24-20-9-6-10-21(18-20)25-13-15-27(16-14-25)23(28)22(26-11-4-5-12-26)17-19-7-2-1-3-8-19/h1-12,18,22H,13-17H2/t22-/m0/s1. The lowest BCUT2D eigenvalue weighted by Gasteiger charge is -2.38. The Kier molecular flexibility index (Phi) is 5.68. The van der Waals surface area contributed by atoms with E-state index in [-0.39, 0.29) is 11.9 Å². The van der Waals surface area contributed by atoms with E-state index in [9.17, 15) is 4.79 Å². The molecule has 2 aromatic carbocycles. The van der Waals surface area contributed by atoms with Gasteiger partial charge in [-0.15, -0.1) is 0 Å². The smallest absolute Gasteiger partial charge is 0.246 e. The summed E-state index contributed by atoms with van der Waals surface area (Å²) >= 11 is 6.12. The lowest BCUT2D eigenvalue weighted by atomic mass is 10.0. The van der Waals surface area contributed by atoms with Crippen molar-refractivity contribution in [3.05, 3.63) is 89.7 Å². The number of amides is 1. The topological polar surface area (TPSA) is 28.5 Å². The summed E-state index contributed by atoms with van der Waals surface area (Å²) in [6.07, 6.45) is 4.66. The number of anilines is 1. The first-order chi connectivity index (χ1) is 13.7. The molecule has 0 unspecified atom stereocenters. The monoisotopic (exact) mass is 393 g/mol. The van der Waals surface area contributed by atoms with Crippen LogP contribution in [0.3, 0.4) is 0 Å². The van der Waals surface area contributed by atoms with Gasteiger partial charge in [-0.2, -0.15) is 0 Å². The molecule has 1 atom stereocenters. The molecule has 0 spiro atoms. The molecular weight excluding hydrogens is 370 g/mol. The fraction of sp³-hybridized carbons (Fsp3) is 0.261. The highest BCUT2D eigenvalue weighted by Gasteiger charge is 2.28. The molecule has 28 heavy (non-hydrogen) atoms. The molecule has 0 N–H and O–H groups in total. The minimum atomic E-state index is -0.213. The number of rotatable bonds is 5. The lowest BCUT2D eigenvalue weighted by Crippen LogP contribution is -2.50. The number of benzene rings is 2. The summed E-state index contributed by atoms with van der Waals surface area (Å²) in [5.74, 6) is 0.186. The predicted octanol–water partition coefficient (Wildman–Crippen LogP) is 4.27. The van der Waals surface area contributed by atoms with Crippen molar-refractivity contribution in [3.63, 3.8) is 0 Å². The van der Waals surface area contributed by atoms with Gasteiger partial charge in [-0.1, -0.05) is 48.0 Å². The Balaban J connectivity index is 1.46. The Morgan fingerprint density at radius 2 is 1.61 bits per heavy atom. The van der Waals surface area contributed by atoms with Gasteiger partial charge in [-0.25, -0.2) is 0 Å². The van der Waals surface area contributed by atoms with Crippen molar-refractivity contribution in [2.45, 2.75) is 12.5 Å². The highest BCUT2D eigenvalue weighted by atomic mass is 35.5. The SMILES string of the molecule is O=C([C@H](Cc1ccccc1)n1cccc1)N1CCN(c2cccc(Cl)c2)CC1. The molecule has 1 aliphatic heterocycles. The maximum Gasteiger partial charge on any atom is 0.246 e. The second kappa shape index (κ2) is 8.53. The Morgan fingerprint density at radius 1 is 0.893 bits per heavy atom. The van der Waals surface area contributed by atoms with Crippen molar-refractivity contribution in [1.82, 2.24) is 9.47 Å². The van der Waals surface area contributed by atoms with Crippen molar-refractivity contribution >= 4 is 23.2 Å². The third-order valence-corrected chi connectivity index (χ3v) is 5.54. The van der Waals surface area contributed by atoms with Gasteiger partial charge in [0, 0.05) is 55.7 Å². The second-order valence-corrected chi connectivity index (χ2v) is 7.56. The first-order valence-electron chi connectivity index (χ1n) is 9.66. The van der Waals surface area contributed by atoms with Crippen molar-refractivity contribution in [3.8, 4) is 0 Å². The molecule has 1 saturated heterocycles. The van der Waals surface area contributed by atoms with Gasteiger partial charge in [0.2, 0.25) is 5.91 Å². The Labute approximate surface area is 170 Å². The number of carbonyl (C=O) groups is 1. The number of aromatic nitrogens is 1. The number of halogens is 1. The van der Waals surface area contributed by atoms with E-state index in [1.165, 1.54) is 5.56 Å². The summed E-state index contributed by atoms with van der Waals surface area (Å²) in [5, 5.41) is 0.742. The lowest BCUT2D eigenvalue weighted by molar-refractivity contribution is -0.135. The van der Waals surface area contributed by atoms with Crippen LogP contribution in [-0.4, -0.2) is 41.6 Å². The van der Waals surface area contributed by atoms with Crippen molar-refractivity contribution in [2.24, 2.45) is 0 Å². The second-order valence-electron chi connectivity index (χ2n) is 7.13. The van der Waals surface area contributed by atoms with Gasteiger partial charge >= 0.3 is 0 Å². The first kappa shape index (κ1) is 18.6. The van der Waals surface area contributed by atoms with E-state index in [1.807, 2.05) is 70.4 Å². The van der Waals surface area contributed by atoms with Gasteiger partial charge in [-0.05, 0) is 35.9 Å². The normalized spacial score (nSPS) is 15.5. The Hall–Kier alpha value is -2.72. The largest absolute Gasteiger partial charge is 0.368 e. The van der Waals surface area contributed by atoms with Gasteiger partial charge in [0.15, 0.2) is 0 Å². The van der Waals surface area contributed by atoms with Crippen LogP contribution in [0.15, 0.2) is 79.1 Å². The molecule has 1 fully saturated rings. The molecule has 144 valence electrons. The molecule has 2 heterocycles. The summed E-state index contributed by atoms with van der Waals surface area (Å²) in [6.45, 7) is 3.07. The van der Waals surface area contributed by atoms with E-state index in [4.69, 9.17) is 11.6 Å². The van der Waals surface area contributed by atoms with E-state index in [0.717, 1.165) is 36.9 Å². The first-order valence-corrected chi connectivity index (χ1v) is 10.0. The quantitative estimate of drug-likeness (QED) is 0.647. The zero-order valence-electron chi connectivity index (χ0n) is 15.7. The van der Waals surface area contributed by atoms with Crippen molar-refractivity contribution in [1.29, 1.82) is 0 Å². The van der Waals surface area contributed by atoms with Crippen LogP contribution in [0.4, 0.5) is 5.69 Å². The summed E-state index contributed by atoms with van der Waals surface area (Å²) in [5.41, 5.74) is 2.29. The molecule has 0 radical (unpaired) electrons. The van der Waals surface area contributed by atoms with Crippen molar-refractivity contribution < 1.29 is 4.79 Å². The van der Waals surface area contributed by atoms with Gasteiger partial charge in [0.25, 0.3) is 0 Å². The fourth-order valence-corrected chi connectivity index (χ4v) is 3.97. The third-order valence-electron chi connectivity index (χ3n) is 5.31. The van der Waals surface area contributed by atoms with E-state index < -0.39 is 0 Å². The number of hydrogen-bond acceptors (Lipinski definition) is 2. The number of nitrogens with zero attached hydrogens (tertiary/aromatic N) is 3. The van der Waals surface area contributed by atoms with E-state index >= 15 is 0 Å². The van der Waals surface area contributed by atoms with Crippen molar-refractivity contribution in [2.75, 3.05) is 31.1 Å². The zero-order chi connectivity index (χ0) is 19.3. The number of carbonyl (C=O) groups excluding carboxylic acids is 1. The van der Waals surface area contributed by atoms with Gasteiger partial charge in [-0.3, -0.25) is 4.79 Å². The maximum absolute atomic E-state index is 13.4. The molecule has 1 amide bonds. The van der Waals surface area contributed by atoms with Crippen LogP contribution < -0.4 is 4.90 Å². The predicted molar refractivity (Wildman–Crippen MR) is 114 cm³/mol. The van der Waals surface area contributed by atoms with Gasteiger partial charge in [0.1, 0.15) is 6.04 Å². The van der Waals surface area contributed by atoms with Crippen LogP contribution in [0, 0.1) is 0 Å². The van der Waals surface area contributed by atoms with E-state index in [1.54, 1.807) is 0 Å². The highest BCUT2D eigenvalue weighted by Crippen LogP contribution is 2.23. The molecular formula is C23H24ClN3O. The summed E-state index contributed by atoms with van der Waals surface area (Å²) in [7, 11) is 0. The van der Waals surface area contributed by atoms with Crippen LogP contribution in [0.5, 0.6) is 0 Å². The van der Waals surface area contributed by atoms with E-state index in [0.29, 0.717) is 6.42 Å². The molecule has 4 nitrogen and oxygen atoms in total. The molecule has 4 rings (SSSR count). The molecule has 5 heteroatoms. The van der Waals surface area contributed by atoms with E-state index in [2.05, 4.69) is 23.1 Å². The summed E-state index contributed by atoms with van der Waals surface area (Å²) < 4.78 is 2.03. The molecule has 0 bridgehead atoms. The Bertz CT molecular complexity index is 903. The molecule has 3 aromatic rings. The van der Waals surface area contributed by atoms with Crippen LogP contribution in [0.2, 0.25) is 5.02 Å². The van der Waals surface area contributed by atoms with Crippen LogP contribution >= 0.6 is 11.6 Å². The average Bonchev–Trinajstić information content (AvgIpc) is 3.27. The summed E-state index contributed by atoms with van der Waals surface area (Å²) in [6, 6.07) is 21.9. The zero-order valence-corrected chi connectivity index (χ0v) is 16.5. The minimum absolute atomic E-state index is 0.186. The maximum atomic E-state index is 13.4. The average molecular weight is 394 g/mol. The summed E-state index contributed by atoms with van der Waals surface area (Å²) in [4.78, 5) is 17.6. The van der Waals surface area contributed by atoms with Crippen LogP contribution in [-0.2, 0) is 11.2 Å². The Morgan fingerprint density at radius 3 is 2.29 bits per heavy atom. The van der Waals surface area contributed by atoms with Crippen LogP contribution in [0.1, 0.15) is 11.6 Å². The van der Waals surface area contributed by atoms with Crippen LogP contribution in [0.25, 0.3) is 0 Å². The number of hydrogen-bond donors (Lipinski definition) is 0. The highest BCUT2D eigenvalue weighted by molar-refractivity contribution is 6.30. The van der Waals surface area contributed by atoms with Gasteiger partial charge in [0.05, 0.1) is 0 Å². The van der Waals surface area contributed by atoms with Gasteiger partial charge < -0.3 is 14.4 Å². The molecule has 0 saturated carbocycles. The number of piperazine rings is 1. The fourth-order valence-electron chi connectivity index (χ4n) is 3.78. The molecule has 1 aromatic heterocycles. The molecule has 1 aliphatic rings. The minimum Gasteiger partial charge on any atom is -0.368 e. The third kappa shape index (κ3) is 4.23. The molecule has 0 aliphatic carbocycles.